The molecule has 0 amide bonds. The third-order valence-corrected chi connectivity index (χ3v) is 3.24. The SMILES string of the molecule is CCc1cc(CCCCl)cc(SC(F)(F)F)c1. The zero-order chi connectivity index (χ0) is 12.9. The average Bonchev–Trinajstić information content (AvgIpc) is 2.23. The van der Waals surface area contributed by atoms with Crippen molar-refractivity contribution in [3.05, 3.63) is 29.3 Å². The lowest BCUT2D eigenvalue weighted by Gasteiger charge is -2.10. The highest BCUT2D eigenvalue weighted by molar-refractivity contribution is 8.00. The van der Waals surface area contributed by atoms with Gasteiger partial charge in [0.15, 0.2) is 0 Å². The number of hydrogen-bond acceptors (Lipinski definition) is 1. The lowest BCUT2D eigenvalue weighted by Crippen LogP contribution is -2.00. The van der Waals surface area contributed by atoms with E-state index in [1.807, 2.05) is 13.0 Å². The van der Waals surface area contributed by atoms with Crippen LogP contribution in [0.4, 0.5) is 13.2 Å². The van der Waals surface area contributed by atoms with Crippen molar-refractivity contribution in [3.63, 3.8) is 0 Å². The van der Waals surface area contributed by atoms with Crippen LogP contribution in [0.2, 0.25) is 0 Å². The maximum atomic E-state index is 12.3. The summed E-state index contributed by atoms with van der Waals surface area (Å²) in [5, 5.41) is 0. The molecular weight excluding hydrogens is 269 g/mol. The molecule has 1 rings (SSSR count). The predicted molar refractivity (Wildman–Crippen MR) is 66.8 cm³/mol. The molecular formula is C12H14ClF3S. The summed E-state index contributed by atoms with van der Waals surface area (Å²) in [7, 11) is 0. The second-order valence-corrected chi connectivity index (χ2v) is 5.20. The molecule has 0 aromatic heterocycles. The van der Waals surface area contributed by atoms with Crippen molar-refractivity contribution >= 4 is 23.4 Å². The van der Waals surface area contributed by atoms with Gasteiger partial charge in [0.25, 0.3) is 0 Å². The van der Waals surface area contributed by atoms with Crippen molar-refractivity contribution in [1.29, 1.82) is 0 Å². The molecule has 0 nitrogen and oxygen atoms in total. The largest absolute Gasteiger partial charge is 0.446 e. The number of benzene rings is 1. The Labute approximate surface area is 109 Å². The van der Waals surface area contributed by atoms with Gasteiger partial charge in [-0.1, -0.05) is 13.0 Å². The van der Waals surface area contributed by atoms with Gasteiger partial charge in [0.1, 0.15) is 0 Å². The second-order valence-electron chi connectivity index (χ2n) is 3.68. The maximum Gasteiger partial charge on any atom is 0.446 e. The van der Waals surface area contributed by atoms with Gasteiger partial charge < -0.3 is 0 Å². The van der Waals surface area contributed by atoms with Gasteiger partial charge in [-0.15, -0.1) is 11.6 Å². The van der Waals surface area contributed by atoms with Crippen molar-refractivity contribution in [1.82, 2.24) is 0 Å². The van der Waals surface area contributed by atoms with Gasteiger partial charge in [-0.25, -0.2) is 0 Å². The topological polar surface area (TPSA) is 0 Å². The number of halogens is 4. The van der Waals surface area contributed by atoms with Crippen LogP contribution in [0.5, 0.6) is 0 Å². The van der Waals surface area contributed by atoms with Gasteiger partial charge in [0, 0.05) is 10.8 Å². The van der Waals surface area contributed by atoms with E-state index in [1.165, 1.54) is 0 Å². The number of rotatable bonds is 5. The van der Waals surface area contributed by atoms with Crippen LogP contribution in [0.25, 0.3) is 0 Å². The van der Waals surface area contributed by atoms with Gasteiger partial charge >= 0.3 is 5.51 Å². The van der Waals surface area contributed by atoms with E-state index in [9.17, 15) is 13.2 Å². The van der Waals surface area contributed by atoms with Crippen LogP contribution < -0.4 is 0 Å². The van der Waals surface area contributed by atoms with Gasteiger partial charge in [0.05, 0.1) is 0 Å². The summed E-state index contributed by atoms with van der Waals surface area (Å²) in [5.41, 5.74) is -2.36. The molecule has 0 aliphatic heterocycles. The van der Waals surface area contributed by atoms with Gasteiger partial charge in [-0.3, -0.25) is 0 Å². The average molecular weight is 283 g/mol. The minimum Gasteiger partial charge on any atom is -0.160 e. The molecule has 0 heterocycles. The molecule has 0 atom stereocenters. The Hall–Kier alpha value is -0.350. The van der Waals surface area contributed by atoms with Crippen LogP contribution in [-0.2, 0) is 12.8 Å². The van der Waals surface area contributed by atoms with Crippen molar-refractivity contribution < 1.29 is 13.2 Å². The van der Waals surface area contributed by atoms with Crippen LogP contribution >= 0.6 is 23.4 Å². The minimum atomic E-state index is -4.23. The molecule has 1 aromatic rings. The summed E-state index contributed by atoms with van der Waals surface area (Å²) in [4.78, 5) is 0.265. The third kappa shape index (κ3) is 5.68. The first-order valence-electron chi connectivity index (χ1n) is 5.39. The molecule has 0 unspecified atom stereocenters. The summed E-state index contributed by atoms with van der Waals surface area (Å²) in [6.45, 7) is 1.93. The maximum absolute atomic E-state index is 12.3. The monoisotopic (exact) mass is 282 g/mol. The van der Waals surface area contributed by atoms with E-state index in [4.69, 9.17) is 11.6 Å². The van der Waals surface area contributed by atoms with E-state index in [1.54, 1.807) is 12.1 Å². The smallest absolute Gasteiger partial charge is 0.160 e. The molecule has 0 radical (unpaired) electrons. The Morgan fingerprint density at radius 3 is 2.35 bits per heavy atom. The Balaban J connectivity index is 2.88. The molecule has 0 aliphatic carbocycles. The van der Waals surface area contributed by atoms with Crippen molar-refractivity contribution in [2.24, 2.45) is 0 Å². The molecule has 0 fully saturated rings. The molecule has 0 saturated heterocycles. The standard InChI is InChI=1S/C12H14ClF3S/c1-2-9-6-10(4-3-5-13)8-11(7-9)17-12(14,15)16/h6-8H,2-5H2,1H3. The summed E-state index contributed by atoms with van der Waals surface area (Å²) in [6, 6.07) is 5.15. The lowest BCUT2D eigenvalue weighted by molar-refractivity contribution is -0.0328. The number of thioether (sulfide) groups is 1. The highest BCUT2D eigenvalue weighted by Gasteiger charge is 2.29. The van der Waals surface area contributed by atoms with Crippen molar-refractivity contribution in [3.8, 4) is 0 Å². The molecule has 0 aliphatic rings. The van der Waals surface area contributed by atoms with Crippen LogP contribution in [0, 0.1) is 0 Å². The Morgan fingerprint density at radius 1 is 1.18 bits per heavy atom. The molecule has 5 heteroatoms. The van der Waals surface area contributed by atoms with Crippen molar-refractivity contribution in [2.75, 3.05) is 5.88 Å². The number of alkyl halides is 4. The minimum absolute atomic E-state index is 0.0551. The highest BCUT2D eigenvalue weighted by Crippen LogP contribution is 2.37. The fourth-order valence-electron chi connectivity index (χ4n) is 1.54. The molecule has 0 bridgehead atoms. The number of hydrogen-bond donors (Lipinski definition) is 0. The molecule has 0 N–H and O–H groups in total. The van der Waals surface area contributed by atoms with E-state index < -0.39 is 5.51 Å². The first-order chi connectivity index (χ1) is 7.94. The van der Waals surface area contributed by atoms with Crippen LogP contribution in [0.3, 0.4) is 0 Å². The second kappa shape index (κ2) is 6.55. The lowest BCUT2D eigenvalue weighted by atomic mass is 10.1. The number of aryl methyl sites for hydroxylation is 2. The first kappa shape index (κ1) is 14.7. The molecule has 0 saturated carbocycles. The Morgan fingerprint density at radius 2 is 1.82 bits per heavy atom. The van der Waals surface area contributed by atoms with E-state index in [0.29, 0.717) is 5.88 Å². The van der Waals surface area contributed by atoms with E-state index in [-0.39, 0.29) is 16.7 Å². The quantitative estimate of drug-likeness (QED) is 0.539. The van der Waals surface area contributed by atoms with Crippen LogP contribution in [0.1, 0.15) is 24.5 Å². The fourth-order valence-corrected chi connectivity index (χ4v) is 2.36. The molecule has 17 heavy (non-hydrogen) atoms. The first-order valence-corrected chi connectivity index (χ1v) is 6.74. The molecule has 96 valence electrons. The van der Waals surface area contributed by atoms with Crippen LogP contribution in [-0.4, -0.2) is 11.4 Å². The normalized spacial score (nSPS) is 11.8. The fraction of sp³-hybridized carbons (Fsp3) is 0.500. The van der Waals surface area contributed by atoms with E-state index in [0.717, 1.165) is 30.4 Å². The third-order valence-electron chi connectivity index (χ3n) is 2.27. The zero-order valence-corrected chi connectivity index (χ0v) is 11.1. The van der Waals surface area contributed by atoms with Gasteiger partial charge in [0.2, 0.25) is 0 Å². The Kier molecular flexibility index (Phi) is 5.67. The highest BCUT2D eigenvalue weighted by atomic mass is 35.5. The summed E-state index contributed by atoms with van der Waals surface area (Å²) in [6.07, 6.45) is 2.24. The van der Waals surface area contributed by atoms with Crippen molar-refractivity contribution in [2.45, 2.75) is 36.6 Å². The van der Waals surface area contributed by atoms with E-state index in [2.05, 4.69) is 0 Å². The summed E-state index contributed by atoms with van der Waals surface area (Å²) >= 11 is 5.53. The molecule has 0 spiro atoms. The van der Waals surface area contributed by atoms with E-state index >= 15 is 0 Å². The summed E-state index contributed by atoms with van der Waals surface area (Å²) in [5.74, 6) is 0.526. The van der Waals surface area contributed by atoms with Gasteiger partial charge in [-0.2, -0.15) is 13.2 Å². The Bertz CT molecular complexity index is 363. The summed E-state index contributed by atoms with van der Waals surface area (Å²) < 4.78 is 36.9. The van der Waals surface area contributed by atoms with Crippen LogP contribution in [0.15, 0.2) is 23.1 Å². The zero-order valence-electron chi connectivity index (χ0n) is 9.48. The van der Waals surface area contributed by atoms with Gasteiger partial charge in [-0.05, 0) is 54.3 Å². The molecule has 1 aromatic carbocycles. The predicted octanol–water partition coefficient (Wildman–Crippen LogP) is 5.03.